The second kappa shape index (κ2) is 7.09. The predicted octanol–water partition coefficient (Wildman–Crippen LogP) is 3.43. The van der Waals surface area contributed by atoms with E-state index in [1.165, 1.54) is 0 Å². The lowest BCUT2D eigenvalue weighted by atomic mass is 10.0. The highest BCUT2D eigenvalue weighted by molar-refractivity contribution is 5.94. The normalized spacial score (nSPS) is 13.3. The van der Waals surface area contributed by atoms with E-state index < -0.39 is 0 Å². The molecule has 2 aromatic carbocycles. The van der Waals surface area contributed by atoms with Gasteiger partial charge in [0.2, 0.25) is 5.91 Å². The SMILES string of the molecule is CC(N)C(C)C(=O)N(C)c1ccc(Oc2ccccc2)cc1. The summed E-state index contributed by atoms with van der Waals surface area (Å²) in [7, 11) is 1.76. The maximum atomic E-state index is 12.3. The van der Waals surface area contributed by atoms with Gasteiger partial charge in [-0.3, -0.25) is 4.79 Å². The van der Waals surface area contributed by atoms with Crippen molar-refractivity contribution < 1.29 is 9.53 Å². The molecule has 2 atom stereocenters. The lowest BCUT2D eigenvalue weighted by molar-refractivity contribution is -0.122. The molecule has 2 N–H and O–H groups in total. The molecule has 0 heterocycles. The molecular formula is C18H22N2O2. The number of ether oxygens (including phenoxy) is 1. The first-order chi connectivity index (χ1) is 10.5. The van der Waals surface area contributed by atoms with Crippen molar-refractivity contribution in [1.29, 1.82) is 0 Å². The van der Waals surface area contributed by atoms with Crippen LogP contribution in [0.1, 0.15) is 13.8 Å². The summed E-state index contributed by atoms with van der Waals surface area (Å²) in [5, 5.41) is 0. The Balaban J connectivity index is 2.07. The molecular weight excluding hydrogens is 276 g/mol. The Hall–Kier alpha value is -2.33. The maximum absolute atomic E-state index is 12.3. The fraction of sp³-hybridized carbons (Fsp3) is 0.278. The van der Waals surface area contributed by atoms with Crippen LogP contribution in [0.5, 0.6) is 11.5 Å². The molecule has 0 spiro atoms. The van der Waals surface area contributed by atoms with Crippen LogP contribution >= 0.6 is 0 Å². The zero-order valence-corrected chi connectivity index (χ0v) is 13.2. The summed E-state index contributed by atoms with van der Waals surface area (Å²) in [5.74, 6) is 1.30. The Labute approximate surface area is 131 Å². The van der Waals surface area contributed by atoms with Gasteiger partial charge in [-0.05, 0) is 43.3 Å². The topological polar surface area (TPSA) is 55.6 Å². The molecule has 2 aromatic rings. The third-order valence-electron chi connectivity index (χ3n) is 3.71. The summed E-state index contributed by atoms with van der Waals surface area (Å²) in [4.78, 5) is 13.9. The fourth-order valence-corrected chi connectivity index (χ4v) is 2.02. The van der Waals surface area contributed by atoms with Crippen molar-refractivity contribution in [3.63, 3.8) is 0 Å². The van der Waals surface area contributed by atoms with Gasteiger partial charge in [-0.15, -0.1) is 0 Å². The molecule has 0 aromatic heterocycles. The number of amides is 1. The van der Waals surface area contributed by atoms with Gasteiger partial charge in [-0.25, -0.2) is 0 Å². The summed E-state index contributed by atoms with van der Waals surface area (Å²) < 4.78 is 5.74. The van der Waals surface area contributed by atoms with E-state index in [0.29, 0.717) is 0 Å². The summed E-state index contributed by atoms with van der Waals surface area (Å²) in [6, 6.07) is 16.8. The molecule has 0 radical (unpaired) electrons. The zero-order valence-electron chi connectivity index (χ0n) is 13.2. The number of para-hydroxylation sites is 1. The van der Waals surface area contributed by atoms with Crippen LogP contribution in [0.25, 0.3) is 0 Å². The smallest absolute Gasteiger partial charge is 0.231 e. The average molecular weight is 298 g/mol. The Kier molecular flexibility index (Phi) is 5.17. The molecule has 0 aliphatic carbocycles. The van der Waals surface area contributed by atoms with Gasteiger partial charge < -0.3 is 15.4 Å². The Bertz CT molecular complexity index is 609. The molecule has 0 aliphatic heterocycles. The number of carbonyl (C=O) groups is 1. The van der Waals surface area contributed by atoms with E-state index in [-0.39, 0.29) is 17.9 Å². The molecule has 0 aliphatic rings. The monoisotopic (exact) mass is 298 g/mol. The number of benzene rings is 2. The molecule has 4 heteroatoms. The second-order valence-electron chi connectivity index (χ2n) is 5.45. The molecule has 2 unspecified atom stereocenters. The van der Waals surface area contributed by atoms with Crippen molar-refractivity contribution in [1.82, 2.24) is 0 Å². The van der Waals surface area contributed by atoms with Crippen molar-refractivity contribution in [2.75, 3.05) is 11.9 Å². The van der Waals surface area contributed by atoms with Crippen LogP contribution in [0.4, 0.5) is 5.69 Å². The first-order valence-electron chi connectivity index (χ1n) is 7.35. The summed E-state index contributed by atoms with van der Waals surface area (Å²) >= 11 is 0. The molecule has 0 saturated heterocycles. The quantitative estimate of drug-likeness (QED) is 0.920. The van der Waals surface area contributed by atoms with E-state index in [2.05, 4.69) is 0 Å². The lowest BCUT2D eigenvalue weighted by Gasteiger charge is -2.23. The number of hydrogen-bond acceptors (Lipinski definition) is 3. The lowest BCUT2D eigenvalue weighted by Crippen LogP contribution is -2.39. The van der Waals surface area contributed by atoms with Crippen molar-refractivity contribution in [2.24, 2.45) is 11.7 Å². The van der Waals surface area contributed by atoms with E-state index in [9.17, 15) is 4.79 Å². The zero-order chi connectivity index (χ0) is 16.1. The van der Waals surface area contributed by atoms with Crippen LogP contribution in [0.15, 0.2) is 54.6 Å². The van der Waals surface area contributed by atoms with Gasteiger partial charge in [-0.1, -0.05) is 25.1 Å². The van der Waals surface area contributed by atoms with Crippen LogP contribution in [0.2, 0.25) is 0 Å². The van der Waals surface area contributed by atoms with Gasteiger partial charge in [-0.2, -0.15) is 0 Å². The van der Waals surface area contributed by atoms with Crippen LogP contribution in [0, 0.1) is 5.92 Å². The van der Waals surface area contributed by atoms with Crippen LogP contribution in [0.3, 0.4) is 0 Å². The molecule has 1 amide bonds. The maximum Gasteiger partial charge on any atom is 0.231 e. The number of hydrogen-bond donors (Lipinski definition) is 1. The van der Waals surface area contributed by atoms with Gasteiger partial charge >= 0.3 is 0 Å². The molecule has 4 nitrogen and oxygen atoms in total. The van der Waals surface area contributed by atoms with Gasteiger partial charge in [0.05, 0.1) is 5.92 Å². The molecule has 0 saturated carbocycles. The molecule has 22 heavy (non-hydrogen) atoms. The summed E-state index contributed by atoms with van der Waals surface area (Å²) in [6.07, 6.45) is 0. The van der Waals surface area contributed by atoms with Crippen LogP contribution in [-0.4, -0.2) is 19.0 Å². The third kappa shape index (κ3) is 3.86. The van der Waals surface area contributed by atoms with E-state index in [4.69, 9.17) is 10.5 Å². The van der Waals surface area contributed by atoms with Crippen molar-refractivity contribution >= 4 is 11.6 Å². The van der Waals surface area contributed by atoms with Gasteiger partial charge in [0.1, 0.15) is 11.5 Å². The second-order valence-corrected chi connectivity index (χ2v) is 5.45. The minimum absolute atomic E-state index is 0.00623. The van der Waals surface area contributed by atoms with Crippen molar-refractivity contribution in [2.45, 2.75) is 19.9 Å². The van der Waals surface area contributed by atoms with Gasteiger partial charge in [0.15, 0.2) is 0 Å². The molecule has 0 fully saturated rings. The number of nitrogens with zero attached hydrogens (tertiary/aromatic N) is 1. The standard InChI is InChI=1S/C18H22N2O2/c1-13(14(2)19)18(21)20(3)15-9-11-17(12-10-15)22-16-7-5-4-6-8-16/h4-14H,19H2,1-3H3. The number of rotatable bonds is 5. The summed E-state index contributed by atoms with van der Waals surface area (Å²) in [6.45, 7) is 3.68. The largest absolute Gasteiger partial charge is 0.457 e. The molecule has 2 rings (SSSR count). The summed E-state index contributed by atoms with van der Waals surface area (Å²) in [5.41, 5.74) is 6.61. The average Bonchev–Trinajstić information content (AvgIpc) is 2.54. The number of anilines is 1. The van der Waals surface area contributed by atoms with E-state index in [1.54, 1.807) is 11.9 Å². The highest BCUT2D eigenvalue weighted by Gasteiger charge is 2.21. The van der Waals surface area contributed by atoms with E-state index >= 15 is 0 Å². The number of nitrogens with two attached hydrogens (primary N) is 1. The van der Waals surface area contributed by atoms with E-state index in [0.717, 1.165) is 17.2 Å². The number of carbonyl (C=O) groups excluding carboxylic acids is 1. The van der Waals surface area contributed by atoms with Gasteiger partial charge in [0.25, 0.3) is 0 Å². The van der Waals surface area contributed by atoms with Crippen LogP contribution in [-0.2, 0) is 4.79 Å². The predicted molar refractivity (Wildman–Crippen MR) is 89.2 cm³/mol. The Morgan fingerprint density at radius 2 is 1.55 bits per heavy atom. The Morgan fingerprint density at radius 1 is 1.00 bits per heavy atom. The first kappa shape index (κ1) is 16.0. The highest BCUT2D eigenvalue weighted by Crippen LogP contribution is 2.24. The minimum Gasteiger partial charge on any atom is -0.457 e. The molecule has 0 bridgehead atoms. The highest BCUT2D eigenvalue weighted by atomic mass is 16.5. The van der Waals surface area contributed by atoms with Crippen molar-refractivity contribution in [3.8, 4) is 11.5 Å². The van der Waals surface area contributed by atoms with Crippen LogP contribution < -0.4 is 15.4 Å². The first-order valence-corrected chi connectivity index (χ1v) is 7.35. The van der Waals surface area contributed by atoms with Crippen molar-refractivity contribution in [3.05, 3.63) is 54.6 Å². The Morgan fingerprint density at radius 3 is 2.09 bits per heavy atom. The van der Waals surface area contributed by atoms with Gasteiger partial charge in [0, 0.05) is 18.8 Å². The molecule has 116 valence electrons. The fourth-order valence-electron chi connectivity index (χ4n) is 2.02. The minimum atomic E-state index is -0.217. The third-order valence-corrected chi connectivity index (χ3v) is 3.71. The van der Waals surface area contributed by atoms with E-state index in [1.807, 2.05) is 68.4 Å².